The van der Waals surface area contributed by atoms with Gasteiger partial charge in [-0.25, -0.2) is 0 Å². The van der Waals surface area contributed by atoms with Crippen molar-refractivity contribution >= 4 is 23.1 Å². The summed E-state index contributed by atoms with van der Waals surface area (Å²) in [6.07, 6.45) is 4.18. The molecule has 1 amide bonds. The molecule has 5 heteroatoms. The van der Waals surface area contributed by atoms with Crippen LogP contribution in [0, 0.1) is 0 Å². The molecule has 1 rings (SSSR count). The summed E-state index contributed by atoms with van der Waals surface area (Å²) in [6.45, 7) is 4.52. The first-order valence-electron chi connectivity index (χ1n) is 6.29. The number of likely N-dealkylation sites (N-methyl/N-ethyl adjacent to an activating group) is 1. The first kappa shape index (κ1) is 14.4. The number of likely N-dealkylation sites (tertiary alicyclic amines) is 1. The lowest BCUT2D eigenvalue weighted by Gasteiger charge is -2.32. The Morgan fingerprint density at radius 3 is 2.53 bits per heavy atom. The van der Waals surface area contributed by atoms with Crippen LogP contribution in [0.5, 0.6) is 0 Å². The fourth-order valence-corrected chi connectivity index (χ4v) is 2.14. The molecule has 0 saturated carbocycles. The summed E-state index contributed by atoms with van der Waals surface area (Å²) >= 11 is 4.85. The molecule has 0 bridgehead atoms. The van der Waals surface area contributed by atoms with Crippen LogP contribution in [0.2, 0.25) is 0 Å². The second-order valence-electron chi connectivity index (χ2n) is 4.76. The molecule has 17 heavy (non-hydrogen) atoms. The Kier molecular flexibility index (Phi) is 5.85. The standard InChI is InChI=1S/C12H23N3OS/c1-10(14(2)9-6-11(13)17)12(16)15-7-4-3-5-8-15/h10H,3-9H2,1-2H3,(H2,13,17). The lowest BCUT2D eigenvalue weighted by Crippen LogP contribution is -2.47. The lowest BCUT2D eigenvalue weighted by atomic mass is 10.1. The lowest BCUT2D eigenvalue weighted by molar-refractivity contribution is -0.136. The maximum absolute atomic E-state index is 12.2. The van der Waals surface area contributed by atoms with Crippen molar-refractivity contribution in [3.8, 4) is 0 Å². The largest absolute Gasteiger partial charge is 0.393 e. The van der Waals surface area contributed by atoms with Gasteiger partial charge in [-0.15, -0.1) is 0 Å². The molecule has 1 fully saturated rings. The summed E-state index contributed by atoms with van der Waals surface area (Å²) in [5, 5.41) is 0. The second kappa shape index (κ2) is 6.91. The average molecular weight is 257 g/mol. The van der Waals surface area contributed by atoms with E-state index in [0.717, 1.165) is 32.5 Å². The van der Waals surface area contributed by atoms with E-state index in [1.165, 1.54) is 6.42 Å². The summed E-state index contributed by atoms with van der Waals surface area (Å²) < 4.78 is 0. The van der Waals surface area contributed by atoms with Gasteiger partial charge in [0.05, 0.1) is 11.0 Å². The molecule has 1 aliphatic rings. The molecular weight excluding hydrogens is 234 g/mol. The van der Waals surface area contributed by atoms with Gasteiger partial charge in [0.15, 0.2) is 0 Å². The van der Waals surface area contributed by atoms with E-state index in [9.17, 15) is 4.79 Å². The van der Waals surface area contributed by atoms with Gasteiger partial charge < -0.3 is 10.6 Å². The fraction of sp³-hybridized carbons (Fsp3) is 0.833. The molecule has 1 unspecified atom stereocenters. The molecule has 0 aromatic heterocycles. The van der Waals surface area contributed by atoms with Crippen molar-refractivity contribution < 1.29 is 4.79 Å². The molecule has 0 radical (unpaired) electrons. The van der Waals surface area contributed by atoms with Crippen molar-refractivity contribution in [1.29, 1.82) is 0 Å². The van der Waals surface area contributed by atoms with E-state index in [4.69, 9.17) is 18.0 Å². The number of nitrogens with two attached hydrogens (primary N) is 1. The minimum Gasteiger partial charge on any atom is -0.393 e. The van der Waals surface area contributed by atoms with Crippen LogP contribution in [-0.2, 0) is 4.79 Å². The van der Waals surface area contributed by atoms with Gasteiger partial charge in [-0.1, -0.05) is 12.2 Å². The van der Waals surface area contributed by atoms with Crippen LogP contribution in [0.25, 0.3) is 0 Å². The van der Waals surface area contributed by atoms with Gasteiger partial charge in [0.25, 0.3) is 0 Å². The summed E-state index contributed by atoms with van der Waals surface area (Å²) in [5.41, 5.74) is 5.47. The molecule has 1 saturated heterocycles. The predicted octanol–water partition coefficient (Wildman–Crippen LogP) is 0.995. The van der Waals surface area contributed by atoms with Crippen molar-refractivity contribution in [2.24, 2.45) is 5.73 Å². The molecule has 1 atom stereocenters. The maximum Gasteiger partial charge on any atom is 0.239 e. The molecule has 0 aromatic carbocycles. The normalized spacial score (nSPS) is 18.2. The molecule has 1 heterocycles. The van der Waals surface area contributed by atoms with E-state index in [-0.39, 0.29) is 11.9 Å². The second-order valence-corrected chi connectivity index (χ2v) is 5.28. The third-order valence-corrected chi connectivity index (χ3v) is 3.60. The van der Waals surface area contributed by atoms with Crippen LogP contribution in [0.3, 0.4) is 0 Å². The zero-order valence-corrected chi connectivity index (χ0v) is 11.6. The maximum atomic E-state index is 12.2. The Morgan fingerprint density at radius 1 is 1.41 bits per heavy atom. The van der Waals surface area contributed by atoms with Crippen molar-refractivity contribution in [3.63, 3.8) is 0 Å². The molecule has 98 valence electrons. The number of thiocarbonyl (C=S) groups is 1. The number of carbonyl (C=O) groups excluding carboxylic acids is 1. The van der Waals surface area contributed by atoms with Crippen LogP contribution in [-0.4, -0.2) is 53.4 Å². The highest BCUT2D eigenvalue weighted by atomic mass is 32.1. The zero-order chi connectivity index (χ0) is 12.8. The summed E-state index contributed by atoms with van der Waals surface area (Å²) in [5.74, 6) is 0.232. The molecule has 0 aliphatic carbocycles. The Hall–Kier alpha value is -0.680. The van der Waals surface area contributed by atoms with Gasteiger partial charge in [0, 0.05) is 26.1 Å². The fourth-order valence-electron chi connectivity index (χ4n) is 2.05. The van der Waals surface area contributed by atoms with Gasteiger partial charge >= 0.3 is 0 Å². The number of piperidine rings is 1. The van der Waals surface area contributed by atoms with Gasteiger partial charge in [0.2, 0.25) is 5.91 Å². The van der Waals surface area contributed by atoms with Gasteiger partial charge in [0.1, 0.15) is 0 Å². The smallest absolute Gasteiger partial charge is 0.239 e. The van der Waals surface area contributed by atoms with Crippen molar-refractivity contribution in [1.82, 2.24) is 9.80 Å². The van der Waals surface area contributed by atoms with E-state index in [2.05, 4.69) is 0 Å². The highest BCUT2D eigenvalue weighted by Gasteiger charge is 2.24. The SMILES string of the molecule is CC(C(=O)N1CCCCC1)N(C)CCC(N)=S. The molecule has 2 N–H and O–H groups in total. The number of hydrogen-bond donors (Lipinski definition) is 1. The summed E-state index contributed by atoms with van der Waals surface area (Å²) in [6, 6.07) is -0.0811. The van der Waals surface area contributed by atoms with Crippen molar-refractivity contribution in [2.75, 3.05) is 26.7 Å². The topological polar surface area (TPSA) is 49.6 Å². The Labute approximate surface area is 109 Å². The molecule has 0 aromatic rings. The molecule has 4 nitrogen and oxygen atoms in total. The molecular formula is C12H23N3OS. The van der Waals surface area contributed by atoms with E-state index in [0.29, 0.717) is 11.4 Å². The minimum absolute atomic E-state index is 0.0811. The number of rotatable bonds is 5. The monoisotopic (exact) mass is 257 g/mol. The van der Waals surface area contributed by atoms with Crippen molar-refractivity contribution in [2.45, 2.75) is 38.6 Å². The van der Waals surface area contributed by atoms with E-state index in [1.807, 2.05) is 23.8 Å². The highest BCUT2D eigenvalue weighted by molar-refractivity contribution is 7.80. The minimum atomic E-state index is -0.0811. The number of nitrogens with zero attached hydrogens (tertiary/aromatic N) is 2. The van der Waals surface area contributed by atoms with E-state index < -0.39 is 0 Å². The first-order chi connectivity index (χ1) is 8.02. The van der Waals surface area contributed by atoms with Crippen LogP contribution in [0.4, 0.5) is 0 Å². The van der Waals surface area contributed by atoms with Crippen LogP contribution < -0.4 is 5.73 Å². The molecule has 0 spiro atoms. The zero-order valence-electron chi connectivity index (χ0n) is 10.8. The number of amides is 1. The van der Waals surface area contributed by atoms with E-state index in [1.54, 1.807) is 0 Å². The number of hydrogen-bond acceptors (Lipinski definition) is 3. The Balaban J connectivity index is 2.41. The highest BCUT2D eigenvalue weighted by Crippen LogP contribution is 2.11. The van der Waals surface area contributed by atoms with Gasteiger partial charge in [-0.05, 0) is 33.2 Å². The third kappa shape index (κ3) is 4.60. The third-order valence-electron chi connectivity index (χ3n) is 3.40. The average Bonchev–Trinajstić information content (AvgIpc) is 2.35. The molecule has 1 aliphatic heterocycles. The van der Waals surface area contributed by atoms with Gasteiger partial charge in [-0.3, -0.25) is 9.69 Å². The predicted molar refractivity (Wildman–Crippen MR) is 73.9 cm³/mol. The Bertz CT molecular complexity index is 277. The Morgan fingerprint density at radius 2 is 2.00 bits per heavy atom. The van der Waals surface area contributed by atoms with Crippen LogP contribution in [0.15, 0.2) is 0 Å². The number of carbonyl (C=O) groups is 1. The van der Waals surface area contributed by atoms with Gasteiger partial charge in [-0.2, -0.15) is 0 Å². The summed E-state index contributed by atoms with van der Waals surface area (Å²) in [4.78, 5) is 16.7. The van der Waals surface area contributed by atoms with E-state index >= 15 is 0 Å². The van der Waals surface area contributed by atoms with Crippen molar-refractivity contribution in [3.05, 3.63) is 0 Å². The van der Waals surface area contributed by atoms with Crippen LogP contribution in [0.1, 0.15) is 32.6 Å². The van der Waals surface area contributed by atoms with Crippen LogP contribution >= 0.6 is 12.2 Å². The quantitative estimate of drug-likeness (QED) is 0.746. The first-order valence-corrected chi connectivity index (χ1v) is 6.70. The summed E-state index contributed by atoms with van der Waals surface area (Å²) in [7, 11) is 1.95.